The molecular formula is C13H14N4O4. The maximum Gasteiger partial charge on any atom is 0.328 e. The van der Waals surface area contributed by atoms with Gasteiger partial charge in [0.15, 0.2) is 0 Å². The summed E-state index contributed by atoms with van der Waals surface area (Å²) in [5, 5.41) is 10.8. The molecular weight excluding hydrogens is 276 g/mol. The Labute approximate surface area is 120 Å². The quantitative estimate of drug-likeness (QED) is 0.584. The van der Waals surface area contributed by atoms with E-state index in [-0.39, 0.29) is 18.4 Å². The number of carbonyl (C=O) groups excluding carboxylic acids is 2. The van der Waals surface area contributed by atoms with Crippen LogP contribution < -0.4 is 10.2 Å². The van der Waals surface area contributed by atoms with Crippen molar-refractivity contribution in [2.24, 2.45) is 0 Å². The standard InChI is InChI=1S/C13H14N4O4/c1-2-9-12(21)16-10(18)7-17(9)13-14-5-8(6-15-13)3-4-11(19)20/h3-6,9H,2,7H2,1H3,(H,19,20)(H,16,18,21)/b4-3+. The van der Waals surface area contributed by atoms with Crippen LogP contribution in [0.25, 0.3) is 6.08 Å². The van der Waals surface area contributed by atoms with Crippen molar-refractivity contribution in [1.29, 1.82) is 0 Å². The summed E-state index contributed by atoms with van der Waals surface area (Å²) < 4.78 is 0. The first-order valence-electron chi connectivity index (χ1n) is 6.34. The molecule has 1 atom stereocenters. The fourth-order valence-corrected chi connectivity index (χ4v) is 2.02. The van der Waals surface area contributed by atoms with E-state index in [1.807, 2.05) is 6.92 Å². The first kappa shape index (κ1) is 14.6. The minimum absolute atomic E-state index is 0.00849. The van der Waals surface area contributed by atoms with Gasteiger partial charge in [-0.15, -0.1) is 0 Å². The fourth-order valence-electron chi connectivity index (χ4n) is 2.02. The van der Waals surface area contributed by atoms with E-state index in [1.165, 1.54) is 23.4 Å². The lowest BCUT2D eigenvalue weighted by molar-refractivity contribution is -0.133. The maximum atomic E-state index is 11.8. The number of anilines is 1. The van der Waals surface area contributed by atoms with Crippen LogP contribution in [0.2, 0.25) is 0 Å². The van der Waals surface area contributed by atoms with Crippen LogP contribution in [0.4, 0.5) is 5.95 Å². The zero-order valence-corrected chi connectivity index (χ0v) is 11.3. The van der Waals surface area contributed by atoms with Gasteiger partial charge in [-0.1, -0.05) is 6.92 Å². The Kier molecular flexibility index (Phi) is 4.27. The number of nitrogens with one attached hydrogen (secondary N) is 1. The summed E-state index contributed by atoms with van der Waals surface area (Å²) >= 11 is 0. The molecule has 21 heavy (non-hydrogen) atoms. The molecule has 0 aromatic carbocycles. The van der Waals surface area contributed by atoms with Crippen molar-refractivity contribution in [3.63, 3.8) is 0 Å². The Morgan fingerprint density at radius 2 is 2.14 bits per heavy atom. The lowest BCUT2D eigenvalue weighted by atomic mass is 10.1. The van der Waals surface area contributed by atoms with Gasteiger partial charge in [0.05, 0.1) is 0 Å². The van der Waals surface area contributed by atoms with E-state index in [2.05, 4.69) is 15.3 Å². The van der Waals surface area contributed by atoms with E-state index in [1.54, 1.807) is 0 Å². The van der Waals surface area contributed by atoms with Crippen molar-refractivity contribution in [1.82, 2.24) is 15.3 Å². The molecule has 1 unspecified atom stereocenters. The highest BCUT2D eigenvalue weighted by Crippen LogP contribution is 2.16. The molecule has 0 aliphatic carbocycles. The number of nitrogens with zero attached hydrogens (tertiary/aromatic N) is 3. The summed E-state index contributed by atoms with van der Waals surface area (Å²) in [7, 11) is 0. The molecule has 1 fully saturated rings. The second-order valence-electron chi connectivity index (χ2n) is 4.45. The lowest BCUT2D eigenvalue weighted by Crippen LogP contribution is -2.58. The molecule has 0 bridgehead atoms. The molecule has 2 N–H and O–H groups in total. The average molecular weight is 290 g/mol. The predicted octanol–water partition coefficient (Wildman–Crippen LogP) is -0.184. The van der Waals surface area contributed by atoms with Crippen molar-refractivity contribution in [3.8, 4) is 0 Å². The number of carboxylic acids is 1. The molecule has 1 aliphatic rings. The van der Waals surface area contributed by atoms with Gasteiger partial charge >= 0.3 is 5.97 Å². The summed E-state index contributed by atoms with van der Waals surface area (Å²) in [6, 6.07) is -0.497. The van der Waals surface area contributed by atoms with Gasteiger partial charge in [0.2, 0.25) is 17.8 Å². The number of aliphatic carboxylic acids is 1. The minimum Gasteiger partial charge on any atom is -0.478 e. The number of aromatic nitrogens is 2. The monoisotopic (exact) mass is 290 g/mol. The van der Waals surface area contributed by atoms with Gasteiger partial charge in [-0.25, -0.2) is 14.8 Å². The topological polar surface area (TPSA) is 112 Å². The molecule has 1 aliphatic heterocycles. The van der Waals surface area contributed by atoms with Crippen molar-refractivity contribution in [2.75, 3.05) is 11.4 Å². The molecule has 1 aromatic heterocycles. The Morgan fingerprint density at radius 1 is 1.48 bits per heavy atom. The van der Waals surface area contributed by atoms with Crippen molar-refractivity contribution >= 4 is 29.8 Å². The second-order valence-corrected chi connectivity index (χ2v) is 4.45. The number of amides is 2. The predicted molar refractivity (Wildman–Crippen MR) is 73.3 cm³/mol. The molecule has 2 amide bonds. The van der Waals surface area contributed by atoms with Gasteiger partial charge in [0.1, 0.15) is 12.6 Å². The fraction of sp³-hybridized carbons (Fsp3) is 0.308. The van der Waals surface area contributed by atoms with Crippen LogP contribution in [0.1, 0.15) is 18.9 Å². The number of rotatable bonds is 4. The lowest BCUT2D eigenvalue weighted by Gasteiger charge is -2.33. The third kappa shape index (κ3) is 3.41. The molecule has 1 saturated heterocycles. The Hall–Kier alpha value is -2.77. The van der Waals surface area contributed by atoms with E-state index in [9.17, 15) is 14.4 Å². The maximum absolute atomic E-state index is 11.8. The molecule has 2 heterocycles. The van der Waals surface area contributed by atoms with Gasteiger partial charge < -0.3 is 10.0 Å². The number of hydrogen-bond donors (Lipinski definition) is 2. The van der Waals surface area contributed by atoms with Crippen LogP contribution in [-0.2, 0) is 14.4 Å². The highest BCUT2D eigenvalue weighted by molar-refractivity contribution is 6.04. The van der Waals surface area contributed by atoms with Crippen LogP contribution in [0, 0.1) is 0 Å². The minimum atomic E-state index is -1.07. The third-order valence-electron chi connectivity index (χ3n) is 2.98. The first-order chi connectivity index (χ1) is 10.0. The van der Waals surface area contributed by atoms with E-state index in [0.717, 1.165) is 6.08 Å². The van der Waals surface area contributed by atoms with Crippen LogP contribution in [0.5, 0.6) is 0 Å². The smallest absolute Gasteiger partial charge is 0.328 e. The molecule has 8 nitrogen and oxygen atoms in total. The highest BCUT2D eigenvalue weighted by Gasteiger charge is 2.33. The molecule has 0 saturated carbocycles. The normalized spacial score (nSPS) is 18.9. The van der Waals surface area contributed by atoms with Crippen molar-refractivity contribution in [3.05, 3.63) is 24.0 Å². The SMILES string of the molecule is CCC1C(=O)NC(=O)CN1c1ncc(/C=C/C(=O)O)cn1. The number of hydrogen-bond acceptors (Lipinski definition) is 6. The zero-order valence-electron chi connectivity index (χ0n) is 11.3. The molecule has 2 rings (SSSR count). The Balaban J connectivity index is 2.22. The molecule has 0 radical (unpaired) electrons. The molecule has 8 heteroatoms. The summed E-state index contributed by atoms with van der Waals surface area (Å²) in [5.74, 6) is -1.57. The highest BCUT2D eigenvalue weighted by atomic mass is 16.4. The molecule has 1 aromatic rings. The summed E-state index contributed by atoms with van der Waals surface area (Å²) in [4.78, 5) is 43.3. The largest absolute Gasteiger partial charge is 0.478 e. The van der Waals surface area contributed by atoms with E-state index in [0.29, 0.717) is 12.0 Å². The van der Waals surface area contributed by atoms with Crippen molar-refractivity contribution < 1.29 is 19.5 Å². The summed E-state index contributed by atoms with van der Waals surface area (Å²) in [6.07, 6.45) is 5.72. The molecule has 0 spiro atoms. The Morgan fingerprint density at radius 3 is 2.71 bits per heavy atom. The van der Waals surface area contributed by atoms with Crippen LogP contribution in [0.3, 0.4) is 0 Å². The van der Waals surface area contributed by atoms with E-state index in [4.69, 9.17) is 5.11 Å². The number of carboxylic acid groups (broad SMARTS) is 1. The number of carbonyl (C=O) groups is 3. The molecule has 110 valence electrons. The third-order valence-corrected chi connectivity index (χ3v) is 2.98. The van der Waals surface area contributed by atoms with Gasteiger partial charge in [-0.05, 0) is 12.5 Å². The van der Waals surface area contributed by atoms with Gasteiger partial charge in [-0.2, -0.15) is 0 Å². The number of piperazine rings is 1. The summed E-state index contributed by atoms with van der Waals surface area (Å²) in [5.41, 5.74) is 0.516. The van der Waals surface area contributed by atoms with Crippen LogP contribution >= 0.6 is 0 Å². The van der Waals surface area contributed by atoms with Crippen LogP contribution in [-0.4, -0.2) is 45.4 Å². The number of imide groups is 1. The zero-order chi connectivity index (χ0) is 15.4. The van der Waals surface area contributed by atoms with E-state index < -0.39 is 17.9 Å². The van der Waals surface area contributed by atoms with Crippen molar-refractivity contribution in [2.45, 2.75) is 19.4 Å². The first-order valence-corrected chi connectivity index (χ1v) is 6.34. The van der Waals surface area contributed by atoms with Gasteiger partial charge in [0.25, 0.3) is 0 Å². The van der Waals surface area contributed by atoms with Gasteiger partial charge in [0, 0.05) is 24.0 Å². The average Bonchev–Trinajstić information content (AvgIpc) is 2.45. The second kappa shape index (κ2) is 6.12. The van der Waals surface area contributed by atoms with Gasteiger partial charge in [-0.3, -0.25) is 14.9 Å². The summed E-state index contributed by atoms with van der Waals surface area (Å²) in [6.45, 7) is 1.84. The Bertz CT molecular complexity index is 597. The van der Waals surface area contributed by atoms with E-state index >= 15 is 0 Å². The van der Waals surface area contributed by atoms with Crippen LogP contribution in [0.15, 0.2) is 18.5 Å².